The molecule has 1 aromatic heterocycles. The van der Waals surface area contributed by atoms with Gasteiger partial charge in [-0.05, 0) is 51.5 Å². The van der Waals surface area contributed by atoms with Crippen molar-refractivity contribution in [1.82, 2.24) is 9.78 Å². The predicted molar refractivity (Wildman–Crippen MR) is 78.1 cm³/mol. The first-order valence-electron chi connectivity index (χ1n) is 6.00. The van der Waals surface area contributed by atoms with Gasteiger partial charge in [-0.1, -0.05) is 15.9 Å². The van der Waals surface area contributed by atoms with Crippen LogP contribution in [0.4, 0.5) is 0 Å². The van der Waals surface area contributed by atoms with Gasteiger partial charge in [0.25, 0.3) is 0 Å². The van der Waals surface area contributed by atoms with E-state index in [1.807, 2.05) is 24.6 Å². The minimum absolute atomic E-state index is 0.00880. The lowest BCUT2D eigenvalue weighted by atomic mass is 10.1. The molecule has 0 radical (unpaired) electrons. The van der Waals surface area contributed by atoms with E-state index in [1.54, 1.807) is 0 Å². The lowest BCUT2D eigenvalue weighted by Crippen LogP contribution is -2.08. The molecule has 3 nitrogen and oxygen atoms in total. The second-order valence-electron chi connectivity index (χ2n) is 4.72. The van der Waals surface area contributed by atoms with Crippen LogP contribution in [0, 0.1) is 20.8 Å². The molecule has 0 saturated heterocycles. The zero-order valence-electron chi connectivity index (χ0n) is 11.2. The van der Waals surface area contributed by atoms with Crippen LogP contribution >= 0.6 is 15.9 Å². The van der Waals surface area contributed by atoms with Crippen molar-refractivity contribution in [2.45, 2.75) is 33.7 Å². The van der Waals surface area contributed by atoms with Crippen molar-refractivity contribution in [2.24, 2.45) is 5.73 Å². The summed E-state index contributed by atoms with van der Waals surface area (Å²) in [5.41, 5.74) is 11.6. The molecule has 2 aromatic rings. The number of aromatic nitrogens is 2. The summed E-state index contributed by atoms with van der Waals surface area (Å²) in [5, 5.41) is 4.61. The highest BCUT2D eigenvalue weighted by molar-refractivity contribution is 9.10. The van der Waals surface area contributed by atoms with Gasteiger partial charge in [0.2, 0.25) is 0 Å². The van der Waals surface area contributed by atoms with Crippen LogP contribution in [0.3, 0.4) is 0 Å². The molecule has 0 bridgehead atoms. The highest BCUT2D eigenvalue weighted by Crippen LogP contribution is 2.25. The van der Waals surface area contributed by atoms with E-state index in [-0.39, 0.29) is 6.04 Å². The van der Waals surface area contributed by atoms with Crippen LogP contribution < -0.4 is 5.73 Å². The Hall–Kier alpha value is -1.13. The Morgan fingerprint density at radius 2 is 1.94 bits per heavy atom. The Bertz CT molecular complexity index is 585. The van der Waals surface area contributed by atoms with E-state index in [9.17, 15) is 0 Å². The molecule has 0 amide bonds. The van der Waals surface area contributed by atoms with Gasteiger partial charge in [0.1, 0.15) is 0 Å². The number of aryl methyl sites for hydroxylation is 2. The Kier molecular flexibility index (Phi) is 3.59. The summed E-state index contributed by atoms with van der Waals surface area (Å²) in [6, 6.07) is 6.21. The third kappa shape index (κ3) is 2.22. The Labute approximate surface area is 116 Å². The lowest BCUT2D eigenvalue weighted by molar-refractivity contribution is 0.794. The summed E-state index contributed by atoms with van der Waals surface area (Å²) in [5.74, 6) is 0. The van der Waals surface area contributed by atoms with E-state index in [0.717, 1.165) is 27.1 Å². The van der Waals surface area contributed by atoms with Crippen molar-refractivity contribution >= 4 is 15.9 Å². The summed E-state index contributed by atoms with van der Waals surface area (Å²) in [7, 11) is 0. The highest BCUT2D eigenvalue weighted by Gasteiger charge is 2.16. The molecule has 0 aliphatic heterocycles. The normalized spacial score (nSPS) is 12.8. The Morgan fingerprint density at radius 1 is 1.28 bits per heavy atom. The van der Waals surface area contributed by atoms with Crippen LogP contribution in [0.15, 0.2) is 22.7 Å². The molecule has 0 fully saturated rings. The van der Waals surface area contributed by atoms with Crippen molar-refractivity contribution in [2.75, 3.05) is 0 Å². The summed E-state index contributed by atoms with van der Waals surface area (Å²) in [6.45, 7) is 8.16. The van der Waals surface area contributed by atoms with E-state index in [2.05, 4.69) is 47.0 Å². The molecule has 1 aromatic carbocycles. The summed E-state index contributed by atoms with van der Waals surface area (Å²) in [4.78, 5) is 0. The fraction of sp³-hybridized carbons (Fsp3) is 0.357. The van der Waals surface area contributed by atoms with Gasteiger partial charge in [0.05, 0.1) is 11.4 Å². The molecule has 0 aliphatic carbocycles. The van der Waals surface area contributed by atoms with Gasteiger partial charge >= 0.3 is 0 Å². The van der Waals surface area contributed by atoms with E-state index < -0.39 is 0 Å². The lowest BCUT2D eigenvalue weighted by Gasteiger charge is -2.10. The Balaban J connectivity index is 2.62. The minimum atomic E-state index is 0.00880. The van der Waals surface area contributed by atoms with E-state index in [0.29, 0.717) is 0 Å². The standard InChI is InChI=1S/C14H18BrN3/c1-8-7-12(15)5-6-13(8)18-11(4)14(9(2)16)10(3)17-18/h5-7,9H,16H2,1-4H3. The third-order valence-electron chi connectivity index (χ3n) is 3.19. The van der Waals surface area contributed by atoms with Crippen LogP contribution in [0.1, 0.15) is 35.5 Å². The number of rotatable bonds is 2. The van der Waals surface area contributed by atoms with E-state index in [4.69, 9.17) is 5.73 Å². The van der Waals surface area contributed by atoms with Crippen LogP contribution in [-0.2, 0) is 0 Å². The summed E-state index contributed by atoms with van der Waals surface area (Å²) < 4.78 is 3.06. The first-order chi connectivity index (χ1) is 8.41. The summed E-state index contributed by atoms with van der Waals surface area (Å²) in [6.07, 6.45) is 0. The van der Waals surface area contributed by atoms with Crippen molar-refractivity contribution in [3.63, 3.8) is 0 Å². The first kappa shape index (κ1) is 13.3. The first-order valence-corrected chi connectivity index (χ1v) is 6.79. The fourth-order valence-corrected chi connectivity index (χ4v) is 2.88. The monoisotopic (exact) mass is 307 g/mol. The van der Waals surface area contributed by atoms with Gasteiger partial charge in [-0.3, -0.25) is 0 Å². The zero-order chi connectivity index (χ0) is 13.4. The quantitative estimate of drug-likeness (QED) is 0.921. The second-order valence-corrected chi connectivity index (χ2v) is 5.63. The smallest absolute Gasteiger partial charge is 0.0678 e. The van der Waals surface area contributed by atoms with E-state index >= 15 is 0 Å². The van der Waals surface area contributed by atoms with Crippen molar-refractivity contribution in [3.05, 3.63) is 45.2 Å². The van der Waals surface area contributed by atoms with Crippen LogP contribution in [0.2, 0.25) is 0 Å². The molecule has 1 heterocycles. The molecule has 4 heteroatoms. The highest BCUT2D eigenvalue weighted by atomic mass is 79.9. The minimum Gasteiger partial charge on any atom is -0.324 e. The maximum absolute atomic E-state index is 6.01. The molecule has 2 N–H and O–H groups in total. The number of nitrogens with two attached hydrogens (primary N) is 1. The number of nitrogens with zero attached hydrogens (tertiary/aromatic N) is 2. The number of hydrogen-bond donors (Lipinski definition) is 1. The van der Waals surface area contributed by atoms with Crippen molar-refractivity contribution in [3.8, 4) is 5.69 Å². The molecule has 0 saturated carbocycles. The van der Waals surface area contributed by atoms with Crippen LogP contribution in [0.25, 0.3) is 5.69 Å². The van der Waals surface area contributed by atoms with Gasteiger partial charge in [-0.25, -0.2) is 4.68 Å². The zero-order valence-corrected chi connectivity index (χ0v) is 12.7. The molecular formula is C14H18BrN3. The second kappa shape index (κ2) is 4.86. The molecule has 96 valence electrons. The van der Waals surface area contributed by atoms with E-state index in [1.165, 1.54) is 5.56 Å². The molecule has 0 aliphatic rings. The topological polar surface area (TPSA) is 43.8 Å². The molecule has 1 atom stereocenters. The SMILES string of the molecule is Cc1cc(Br)ccc1-n1nc(C)c(C(C)N)c1C. The average molecular weight is 308 g/mol. The van der Waals surface area contributed by atoms with Gasteiger partial charge < -0.3 is 5.73 Å². The van der Waals surface area contributed by atoms with Gasteiger partial charge in [-0.15, -0.1) is 0 Å². The molecule has 2 rings (SSSR count). The molecule has 1 unspecified atom stereocenters. The molecular weight excluding hydrogens is 290 g/mol. The van der Waals surface area contributed by atoms with Gasteiger partial charge in [-0.2, -0.15) is 5.10 Å². The Morgan fingerprint density at radius 3 is 2.44 bits per heavy atom. The summed E-state index contributed by atoms with van der Waals surface area (Å²) >= 11 is 3.48. The van der Waals surface area contributed by atoms with Crippen molar-refractivity contribution in [1.29, 1.82) is 0 Å². The third-order valence-corrected chi connectivity index (χ3v) is 3.68. The average Bonchev–Trinajstić information content (AvgIpc) is 2.54. The maximum Gasteiger partial charge on any atom is 0.0678 e. The van der Waals surface area contributed by atoms with Gasteiger partial charge in [0, 0.05) is 21.8 Å². The molecule has 0 spiro atoms. The fourth-order valence-electron chi connectivity index (χ4n) is 2.40. The maximum atomic E-state index is 6.01. The number of hydrogen-bond acceptors (Lipinski definition) is 2. The molecule has 18 heavy (non-hydrogen) atoms. The number of halogens is 1. The van der Waals surface area contributed by atoms with Crippen molar-refractivity contribution < 1.29 is 0 Å². The van der Waals surface area contributed by atoms with Crippen LogP contribution in [0.5, 0.6) is 0 Å². The van der Waals surface area contributed by atoms with Crippen LogP contribution in [-0.4, -0.2) is 9.78 Å². The largest absolute Gasteiger partial charge is 0.324 e. The predicted octanol–water partition coefficient (Wildman–Crippen LogP) is 3.58. The van der Waals surface area contributed by atoms with Gasteiger partial charge in [0.15, 0.2) is 0 Å². The number of benzene rings is 1.